The van der Waals surface area contributed by atoms with E-state index in [0.29, 0.717) is 6.54 Å². The fraction of sp³-hybridized carbons (Fsp3) is 0.267. The lowest BCUT2D eigenvalue weighted by Crippen LogP contribution is -2.44. The van der Waals surface area contributed by atoms with Crippen LogP contribution in [0.4, 0.5) is 4.79 Å². The number of carbonyl (C=O) groups excluding carboxylic acids is 2. The van der Waals surface area contributed by atoms with Crippen LogP contribution in [0.1, 0.15) is 12.6 Å². The first kappa shape index (κ1) is 15.6. The van der Waals surface area contributed by atoms with E-state index in [9.17, 15) is 9.59 Å². The molecule has 1 aromatic carbocycles. The molecule has 1 aromatic heterocycles. The predicted octanol–water partition coefficient (Wildman–Crippen LogP) is 1.44. The topological polar surface area (TPSA) is 96.1 Å². The number of H-pyrrole nitrogens is 1. The Kier molecular flexibility index (Phi) is 5.13. The number of aromatic nitrogens is 2. The van der Waals surface area contributed by atoms with Gasteiger partial charge in [-0.2, -0.15) is 5.10 Å². The van der Waals surface area contributed by atoms with E-state index in [-0.39, 0.29) is 5.91 Å². The molecular weight excluding hydrogens is 284 g/mol. The highest BCUT2D eigenvalue weighted by atomic mass is 16.5. The summed E-state index contributed by atoms with van der Waals surface area (Å²) >= 11 is 0. The first-order chi connectivity index (χ1) is 10.6. The molecule has 0 aliphatic heterocycles. The smallest absolute Gasteiger partial charge is 0.407 e. The van der Waals surface area contributed by atoms with Gasteiger partial charge in [0.2, 0.25) is 5.91 Å². The highest BCUT2D eigenvalue weighted by Crippen LogP contribution is 2.16. The van der Waals surface area contributed by atoms with Gasteiger partial charge >= 0.3 is 6.09 Å². The van der Waals surface area contributed by atoms with Crippen molar-refractivity contribution in [2.75, 3.05) is 7.11 Å². The van der Waals surface area contributed by atoms with Gasteiger partial charge in [-0.15, -0.1) is 0 Å². The molecule has 1 atom stereocenters. The van der Waals surface area contributed by atoms with Gasteiger partial charge in [0.1, 0.15) is 6.04 Å². The molecule has 2 rings (SSSR count). The van der Waals surface area contributed by atoms with Gasteiger partial charge in [-0.25, -0.2) is 4.79 Å². The second-order valence-electron chi connectivity index (χ2n) is 4.72. The van der Waals surface area contributed by atoms with Gasteiger partial charge in [0.15, 0.2) is 0 Å². The highest BCUT2D eigenvalue weighted by molar-refractivity contribution is 5.85. The first-order valence-electron chi connectivity index (χ1n) is 6.82. The van der Waals surface area contributed by atoms with E-state index in [0.717, 1.165) is 17.0 Å². The molecule has 2 amide bonds. The van der Waals surface area contributed by atoms with Crippen LogP contribution < -0.4 is 10.6 Å². The molecule has 7 nitrogen and oxygen atoms in total. The fourth-order valence-corrected chi connectivity index (χ4v) is 1.85. The minimum Gasteiger partial charge on any atom is -0.453 e. The molecule has 0 spiro atoms. The molecule has 22 heavy (non-hydrogen) atoms. The van der Waals surface area contributed by atoms with Crippen molar-refractivity contribution in [1.29, 1.82) is 0 Å². The molecule has 0 saturated heterocycles. The zero-order valence-electron chi connectivity index (χ0n) is 12.4. The lowest BCUT2D eigenvalue weighted by Gasteiger charge is -2.12. The van der Waals surface area contributed by atoms with E-state index < -0.39 is 12.1 Å². The van der Waals surface area contributed by atoms with Crippen LogP contribution in [-0.2, 0) is 16.1 Å². The third-order valence-electron chi connectivity index (χ3n) is 3.07. The second-order valence-corrected chi connectivity index (χ2v) is 4.72. The maximum atomic E-state index is 11.8. The van der Waals surface area contributed by atoms with Crippen molar-refractivity contribution in [3.63, 3.8) is 0 Å². The Bertz CT molecular complexity index is 639. The van der Waals surface area contributed by atoms with E-state index in [1.165, 1.54) is 7.11 Å². The van der Waals surface area contributed by atoms with Gasteiger partial charge in [-0.05, 0) is 13.0 Å². The standard InChI is InChI=1S/C15H18N4O3/c1-10(17-15(21)22-2)14(20)16-9-12-8-13(19-18-12)11-6-4-3-5-7-11/h3-8,10H,9H2,1-2H3,(H,16,20)(H,17,21)(H,18,19)/t10-/m0/s1. The number of aromatic amines is 1. The molecule has 0 unspecified atom stereocenters. The minimum atomic E-state index is -0.677. The number of hydrogen-bond acceptors (Lipinski definition) is 4. The first-order valence-corrected chi connectivity index (χ1v) is 6.82. The van der Waals surface area contributed by atoms with Crippen LogP contribution in [0.25, 0.3) is 11.3 Å². The summed E-state index contributed by atoms with van der Waals surface area (Å²) in [6.45, 7) is 1.88. The van der Waals surface area contributed by atoms with E-state index >= 15 is 0 Å². The molecular formula is C15H18N4O3. The van der Waals surface area contributed by atoms with Crippen molar-refractivity contribution >= 4 is 12.0 Å². The van der Waals surface area contributed by atoms with Gasteiger partial charge in [0.25, 0.3) is 0 Å². The van der Waals surface area contributed by atoms with Gasteiger partial charge in [-0.1, -0.05) is 30.3 Å². The van der Waals surface area contributed by atoms with E-state index in [1.807, 2.05) is 36.4 Å². The second kappa shape index (κ2) is 7.26. The summed E-state index contributed by atoms with van der Waals surface area (Å²) in [7, 11) is 1.25. The number of benzene rings is 1. The van der Waals surface area contributed by atoms with Gasteiger partial charge in [0.05, 0.1) is 25.0 Å². The van der Waals surface area contributed by atoms with Gasteiger partial charge < -0.3 is 15.4 Å². The van der Waals surface area contributed by atoms with Gasteiger partial charge in [0, 0.05) is 5.56 Å². The highest BCUT2D eigenvalue weighted by Gasteiger charge is 2.15. The Morgan fingerprint density at radius 2 is 2.05 bits per heavy atom. The molecule has 1 heterocycles. The van der Waals surface area contributed by atoms with Crippen LogP contribution in [0.15, 0.2) is 36.4 Å². The third kappa shape index (κ3) is 4.08. The summed E-state index contributed by atoms with van der Waals surface area (Å²) in [5.74, 6) is -0.304. The monoisotopic (exact) mass is 302 g/mol. The van der Waals surface area contributed by atoms with Crippen molar-refractivity contribution < 1.29 is 14.3 Å². The Labute approximate surface area is 128 Å². The van der Waals surface area contributed by atoms with Crippen LogP contribution >= 0.6 is 0 Å². The molecule has 0 radical (unpaired) electrons. The third-order valence-corrected chi connectivity index (χ3v) is 3.07. The van der Waals surface area contributed by atoms with Crippen LogP contribution in [-0.4, -0.2) is 35.3 Å². The van der Waals surface area contributed by atoms with Crippen LogP contribution in [0, 0.1) is 0 Å². The Balaban J connectivity index is 1.88. The number of rotatable bonds is 5. The average molecular weight is 302 g/mol. The number of alkyl carbamates (subject to hydrolysis) is 1. The molecule has 0 fully saturated rings. The van der Waals surface area contributed by atoms with E-state index in [1.54, 1.807) is 6.92 Å². The van der Waals surface area contributed by atoms with Crippen LogP contribution in [0.3, 0.4) is 0 Å². The summed E-state index contributed by atoms with van der Waals surface area (Å²) in [4.78, 5) is 22.9. The van der Waals surface area contributed by atoms with Crippen molar-refractivity contribution in [1.82, 2.24) is 20.8 Å². The molecule has 116 valence electrons. The normalized spacial score (nSPS) is 11.5. The van der Waals surface area contributed by atoms with Crippen molar-refractivity contribution in [2.24, 2.45) is 0 Å². The van der Waals surface area contributed by atoms with E-state index in [4.69, 9.17) is 0 Å². The molecule has 2 aromatic rings. The molecule has 0 bridgehead atoms. The number of ether oxygens (including phenoxy) is 1. The van der Waals surface area contributed by atoms with E-state index in [2.05, 4.69) is 25.6 Å². The summed E-state index contributed by atoms with van der Waals surface area (Å²) in [5.41, 5.74) is 2.58. The van der Waals surface area contributed by atoms with Crippen molar-refractivity contribution in [3.8, 4) is 11.3 Å². The quantitative estimate of drug-likeness (QED) is 0.778. The maximum Gasteiger partial charge on any atom is 0.407 e. The summed E-state index contributed by atoms with van der Waals surface area (Å²) in [6, 6.07) is 10.9. The minimum absolute atomic E-state index is 0.297. The summed E-state index contributed by atoms with van der Waals surface area (Å²) in [6.07, 6.45) is -0.643. The average Bonchev–Trinajstić information content (AvgIpc) is 3.02. The van der Waals surface area contributed by atoms with Crippen molar-refractivity contribution in [3.05, 3.63) is 42.1 Å². The van der Waals surface area contributed by atoms with Gasteiger partial charge in [-0.3, -0.25) is 9.89 Å². The SMILES string of the molecule is COC(=O)N[C@@H](C)C(=O)NCc1cc(-c2ccccc2)n[nH]1. The molecule has 0 aliphatic rings. The number of hydrogen-bond donors (Lipinski definition) is 3. The number of amides is 2. The largest absolute Gasteiger partial charge is 0.453 e. The summed E-state index contributed by atoms with van der Waals surface area (Å²) in [5, 5.41) is 12.2. The van der Waals surface area contributed by atoms with Crippen LogP contribution in [0.5, 0.6) is 0 Å². The van der Waals surface area contributed by atoms with Crippen molar-refractivity contribution in [2.45, 2.75) is 19.5 Å². The number of carbonyl (C=O) groups is 2. The lowest BCUT2D eigenvalue weighted by molar-refractivity contribution is -0.122. The Morgan fingerprint density at radius 3 is 2.73 bits per heavy atom. The Morgan fingerprint density at radius 1 is 1.32 bits per heavy atom. The molecule has 7 heteroatoms. The fourth-order valence-electron chi connectivity index (χ4n) is 1.85. The van der Waals surface area contributed by atoms with Crippen LogP contribution in [0.2, 0.25) is 0 Å². The maximum absolute atomic E-state index is 11.8. The Hall–Kier alpha value is -2.83. The molecule has 0 saturated carbocycles. The number of methoxy groups -OCH3 is 1. The molecule has 3 N–H and O–H groups in total. The number of nitrogens with zero attached hydrogens (tertiary/aromatic N) is 1. The molecule has 0 aliphatic carbocycles. The zero-order valence-corrected chi connectivity index (χ0v) is 12.4. The lowest BCUT2D eigenvalue weighted by atomic mass is 10.1. The summed E-state index contributed by atoms with van der Waals surface area (Å²) < 4.78 is 4.44. The zero-order chi connectivity index (χ0) is 15.9. The number of nitrogens with one attached hydrogen (secondary N) is 3. The predicted molar refractivity (Wildman–Crippen MR) is 80.9 cm³/mol.